The largest absolute Gasteiger partial charge is 0.494 e. The maximum atomic E-state index is 14.0. The first-order valence-corrected chi connectivity index (χ1v) is 14.3. The molecule has 1 atom stereocenters. The molecule has 1 amide bonds. The molecule has 42 heavy (non-hydrogen) atoms. The van der Waals surface area contributed by atoms with Gasteiger partial charge in [0, 0.05) is 37.5 Å². The van der Waals surface area contributed by atoms with Gasteiger partial charge in [-0.2, -0.15) is 0 Å². The van der Waals surface area contributed by atoms with Gasteiger partial charge in [-0.15, -0.1) is 0 Å². The van der Waals surface area contributed by atoms with Crippen molar-refractivity contribution in [2.45, 2.75) is 24.3 Å². The lowest BCUT2D eigenvalue weighted by atomic mass is 9.90. The SMILES string of the molecule is O=C(NCC(c1ccccc1)c1ccccc1)[C@@]1(C/C=C/c2ccccc2)COC(c2ccc(OCCCO)cc2)=N1. The third kappa shape index (κ3) is 7.33. The second kappa shape index (κ2) is 14.3. The van der Waals surface area contributed by atoms with Crippen LogP contribution < -0.4 is 10.1 Å². The number of carbonyl (C=O) groups is 1. The first-order chi connectivity index (χ1) is 20.7. The summed E-state index contributed by atoms with van der Waals surface area (Å²) in [7, 11) is 0. The highest BCUT2D eigenvalue weighted by Gasteiger charge is 2.43. The van der Waals surface area contributed by atoms with Crippen LogP contribution in [-0.4, -0.2) is 48.8 Å². The molecule has 0 saturated carbocycles. The smallest absolute Gasteiger partial charge is 0.251 e. The van der Waals surface area contributed by atoms with Crippen molar-refractivity contribution < 1.29 is 19.4 Å². The number of aliphatic imine (C=N–C) groups is 1. The van der Waals surface area contributed by atoms with Crippen molar-refractivity contribution in [1.29, 1.82) is 0 Å². The van der Waals surface area contributed by atoms with Crippen LogP contribution >= 0.6 is 0 Å². The first kappa shape index (κ1) is 28.8. The Bertz CT molecular complexity index is 1430. The van der Waals surface area contributed by atoms with Crippen LogP contribution in [0.4, 0.5) is 0 Å². The van der Waals surface area contributed by atoms with E-state index in [9.17, 15) is 4.79 Å². The average molecular weight is 561 g/mol. The van der Waals surface area contributed by atoms with Crippen molar-refractivity contribution in [3.05, 3.63) is 144 Å². The van der Waals surface area contributed by atoms with Crippen LogP contribution in [0.1, 0.15) is 41.0 Å². The molecule has 6 heteroatoms. The van der Waals surface area contributed by atoms with Crippen LogP contribution in [0.2, 0.25) is 0 Å². The number of rotatable bonds is 13. The van der Waals surface area contributed by atoms with E-state index in [1.807, 2.05) is 103 Å². The molecule has 0 aromatic heterocycles. The Hall–Kier alpha value is -4.68. The summed E-state index contributed by atoms with van der Waals surface area (Å²) in [6.07, 6.45) is 4.97. The summed E-state index contributed by atoms with van der Waals surface area (Å²) in [4.78, 5) is 18.9. The maximum Gasteiger partial charge on any atom is 0.251 e. The van der Waals surface area contributed by atoms with Crippen molar-refractivity contribution in [3.63, 3.8) is 0 Å². The summed E-state index contributed by atoms with van der Waals surface area (Å²) in [6.45, 7) is 1.10. The highest BCUT2D eigenvalue weighted by Crippen LogP contribution is 2.29. The minimum Gasteiger partial charge on any atom is -0.494 e. The standard InChI is InChI=1S/C36H36N2O4/c39-24-11-25-41-32-21-19-31(20-22-32)34-38-36(27-42-34,23-10-14-28-12-4-1-5-13-28)35(40)37-26-33(29-15-6-2-7-16-29)30-17-8-3-9-18-30/h1-10,12-22,33,39H,11,23-27H2,(H,37,40)/b14-10+/t36-/m1/s1. The maximum absolute atomic E-state index is 14.0. The molecule has 0 bridgehead atoms. The van der Waals surface area contributed by atoms with Gasteiger partial charge in [-0.3, -0.25) is 4.79 Å². The molecule has 0 unspecified atom stereocenters. The van der Waals surface area contributed by atoms with E-state index in [4.69, 9.17) is 19.6 Å². The summed E-state index contributed by atoms with van der Waals surface area (Å²) in [5.74, 6) is 0.963. The lowest BCUT2D eigenvalue weighted by molar-refractivity contribution is -0.126. The molecule has 1 aliphatic heterocycles. The Morgan fingerprint density at radius 2 is 1.52 bits per heavy atom. The molecule has 4 aromatic carbocycles. The van der Waals surface area contributed by atoms with Crippen molar-refractivity contribution in [2.24, 2.45) is 4.99 Å². The number of benzene rings is 4. The van der Waals surface area contributed by atoms with Crippen molar-refractivity contribution in [3.8, 4) is 5.75 Å². The van der Waals surface area contributed by atoms with Crippen LogP contribution in [0, 0.1) is 0 Å². The van der Waals surface area contributed by atoms with E-state index in [1.165, 1.54) is 0 Å². The van der Waals surface area contributed by atoms with Gasteiger partial charge in [0.1, 0.15) is 12.4 Å². The Morgan fingerprint density at radius 1 is 0.905 bits per heavy atom. The van der Waals surface area contributed by atoms with Gasteiger partial charge < -0.3 is 19.9 Å². The van der Waals surface area contributed by atoms with Crippen LogP contribution in [0.3, 0.4) is 0 Å². The number of ether oxygens (including phenoxy) is 2. The minimum absolute atomic E-state index is 0.00240. The first-order valence-electron chi connectivity index (χ1n) is 14.3. The predicted octanol–water partition coefficient (Wildman–Crippen LogP) is 6.02. The van der Waals surface area contributed by atoms with E-state index >= 15 is 0 Å². The van der Waals surface area contributed by atoms with E-state index in [-0.39, 0.29) is 25.0 Å². The molecule has 0 spiro atoms. The number of nitrogens with one attached hydrogen (secondary N) is 1. The number of amides is 1. The van der Waals surface area contributed by atoms with Gasteiger partial charge in [0.15, 0.2) is 5.54 Å². The molecule has 4 aromatic rings. The molecule has 214 valence electrons. The van der Waals surface area contributed by atoms with Gasteiger partial charge in [-0.25, -0.2) is 4.99 Å². The van der Waals surface area contributed by atoms with Crippen LogP contribution in [0.15, 0.2) is 126 Å². The lowest BCUT2D eigenvalue weighted by Crippen LogP contribution is -2.47. The van der Waals surface area contributed by atoms with Crippen molar-refractivity contribution in [1.82, 2.24) is 5.32 Å². The highest BCUT2D eigenvalue weighted by molar-refractivity contribution is 6.00. The Balaban J connectivity index is 1.37. The third-order valence-corrected chi connectivity index (χ3v) is 7.29. The Kier molecular flexibility index (Phi) is 9.81. The fourth-order valence-corrected chi connectivity index (χ4v) is 4.97. The predicted molar refractivity (Wildman–Crippen MR) is 167 cm³/mol. The van der Waals surface area contributed by atoms with Crippen LogP contribution in [-0.2, 0) is 9.53 Å². The summed E-state index contributed by atoms with van der Waals surface area (Å²) in [5.41, 5.74) is 3.00. The van der Waals surface area contributed by atoms with E-state index in [2.05, 4.69) is 29.6 Å². The molecule has 0 fully saturated rings. The fraction of sp³-hybridized carbons (Fsp3) is 0.222. The number of aliphatic hydroxyl groups excluding tert-OH is 1. The van der Waals surface area contributed by atoms with E-state index in [0.29, 0.717) is 37.6 Å². The molecule has 1 heterocycles. The van der Waals surface area contributed by atoms with E-state index in [1.54, 1.807) is 0 Å². The molecular formula is C36H36N2O4. The third-order valence-electron chi connectivity index (χ3n) is 7.29. The zero-order valence-corrected chi connectivity index (χ0v) is 23.6. The van der Waals surface area contributed by atoms with Gasteiger partial charge in [0.05, 0.1) is 6.61 Å². The summed E-state index contributed by atoms with van der Waals surface area (Å²) >= 11 is 0. The number of aliphatic hydroxyl groups is 1. The van der Waals surface area contributed by atoms with E-state index < -0.39 is 5.54 Å². The molecule has 2 N–H and O–H groups in total. The lowest BCUT2D eigenvalue weighted by Gasteiger charge is -2.24. The zero-order chi connectivity index (χ0) is 29.0. The normalized spacial score (nSPS) is 16.3. The molecule has 0 aliphatic carbocycles. The van der Waals surface area contributed by atoms with E-state index in [0.717, 1.165) is 22.3 Å². The van der Waals surface area contributed by atoms with Gasteiger partial charge in [-0.1, -0.05) is 103 Å². The Morgan fingerprint density at radius 3 is 2.14 bits per heavy atom. The average Bonchev–Trinajstić information content (AvgIpc) is 3.49. The molecule has 0 radical (unpaired) electrons. The summed E-state index contributed by atoms with van der Waals surface area (Å²) in [5, 5.41) is 12.2. The van der Waals surface area contributed by atoms with Crippen LogP contribution in [0.25, 0.3) is 6.08 Å². The zero-order valence-electron chi connectivity index (χ0n) is 23.6. The second-order valence-corrected chi connectivity index (χ2v) is 10.3. The van der Waals surface area contributed by atoms with Gasteiger partial charge >= 0.3 is 0 Å². The molecular weight excluding hydrogens is 524 g/mol. The number of carbonyl (C=O) groups excluding carboxylic acids is 1. The van der Waals surface area contributed by atoms with Crippen LogP contribution in [0.5, 0.6) is 5.75 Å². The number of hydrogen-bond donors (Lipinski definition) is 2. The summed E-state index contributed by atoms with van der Waals surface area (Å²) in [6, 6.07) is 37.9. The molecule has 0 saturated heterocycles. The topological polar surface area (TPSA) is 80.2 Å². The van der Waals surface area contributed by atoms with Crippen molar-refractivity contribution in [2.75, 3.05) is 26.4 Å². The second-order valence-electron chi connectivity index (χ2n) is 10.3. The molecule has 6 nitrogen and oxygen atoms in total. The number of nitrogens with zero attached hydrogens (tertiary/aromatic N) is 1. The van der Waals surface area contributed by atoms with Crippen molar-refractivity contribution >= 4 is 17.9 Å². The molecule has 5 rings (SSSR count). The molecule has 1 aliphatic rings. The van der Waals surface area contributed by atoms with Gasteiger partial charge in [0.25, 0.3) is 5.91 Å². The fourth-order valence-electron chi connectivity index (χ4n) is 4.97. The Labute approximate surface area is 247 Å². The monoisotopic (exact) mass is 560 g/mol. The van der Waals surface area contributed by atoms with Gasteiger partial charge in [0.2, 0.25) is 5.90 Å². The van der Waals surface area contributed by atoms with Gasteiger partial charge in [-0.05, 0) is 41.0 Å². The number of hydrogen-bond acceptors (Lipinski definition) is 5. The summed E-state index contributed by atoms with van der Waals surface area (Å²) < 4.78 is 11.7. The minimum atomic E-state index is -1.10. The quantitative estimate of drug-likeness (QED) is 0.196. The highest BCUT2D eigenvalue weighted by atomic mass is 16.5.